The first-order valence-electron chi connectivity index (χ1n) is 24.1. The molecule has 5 aliphatic rings. The second kappa shape index (κ2) is 14.7. The van der Waals surface area contributed by atoms with Gasteiger partial charge in [-0.3, -0.25) is 0 Å². The van der Waals surface area contributed by atoms with E-state index in [4.69, 9.17) is 0 Å². The molecule has 4 heteroatoms. The van der Waals surface area contributed by atoms with E-state index in [0.29, 0.717) is 0 Å². The van der Waals surface area contributed by atoms with Gasteiger partial charge in [-0.15, -0.1) is 11.8 Å². The maximum atomic E-state index is 2.80. The van der Waals surface area contributed by atoms with Gasteiger partial charge in [-0.2, -0.15) is 0 Å². The summed E-state index contributed by atoms with van der Waals surface area (Å²) in [7, 11) is 0. The first-order valence-corrected chi connectivity index (χ1v) is 24.9. The van der Waals surface area contributed by atoms with Gasteiger partial charge < -0.3 is 9.80 Å². The second-order valence-corrected chi connectivity index (χ2v) is 25.3. The Balaban J connectivity index is 1.36. The molecule has 0 amide bonds. The number of benzene rings is 5. The third-order valence-corrected chi connectivity index (χ3v) is 16.8. The Morgan fingerprint density at radius 2 is 1.22 bits per heavy atom. The van der Waals surface area contributed by atoms with Crippen LogP contribution in [0.1, 0.15) is 150 Å². The number of nitrogens with zero attached hydrogens (tertiary/aromatic N) is 2. The summed E-state index contributed by atoms with van der Waals surface area (Å²) in [6.07, 6.45) is 9.82. The molecule has 5 aromatic carbocycles. The average Bonchev–Trinajstić information content (AvgIpc) is 3.34. The summed E-state index contributed by atoms with van der Waals surface area (Å²) in [6, 6.07) is 38.7. The van der Waals surface area contributed by atoms with Gasteiger partial charge in [-0.05, 0) is 162 Å². The van der Waals surface area contributed by atoms with Gasteiger partial charge in [-0.25, -0.2) is 0 Å². The van der Waals surface area contributed by atoms with Crippen LogP contribution in [0, 0.1) is 0 Å². The lowest BCUT2D eigenvalue weighted by Gasteiger charge is -2.46. The number of fused-ring (bicyclic) bond motifs is 6. The van der Waals surface area contributed by atoms with Gasteiger partial charge in [0, 0.05) is 34.0 Å². The normalized spacial score (nSPS) is 19.8. The minimum Gasteiger partial charge on any atom is -0.330 e. The molecule has 5 aromatic rings. The molecule has 2 nitrogen and oxygen atoms in total. The molecular formula is C60H69BN2S. The van der Waals surface area contributed by atoms with E-state index in [0.717, 1.165) is 12.8 Å². The van der Waals surface area contributed by atoms with Crippen LogP contribution in [0.25, 0.3) is 11.1 Å². The first kappa shape index (κ1) is 43.2. The van der Waals surface area contributed by atoms with Crippen molar-refractivity contribution in [1.29, 1.82) is 0 Å². The van der Waals surface area contributed by atoms with Gasteiger partial charge in [-0.1, -0.05) is 162 Å². The molecular weight excluding hydrogens is 792 g/mol. The molecule has 0 saturated heterocycles. The smallest absolute Gasteiger partial charge is 0.257 e. The van der Waals surface area contributed by atoms with E-state index in [1.807, 2.05) is 0 Å². The summed E-state index contributed by atoms with van der Waals surface area (Å²) >= 11 is 2.09. The van der Waals surface area contributed by atoms with E-state index in [1.165, 1.54) is 112 Å². The van der Waals surface area contributed by atoms with Gasteiger partial charge in [0.15, 0.2) is 0 Å². The van der Waals surface area contributed by atoms with Gasteiger partial charge in [0.1, 0.15) is 0 Å². The molecule has 0 spiro atoms. The van der Waals surface area contributed by atoms with Crippen molar-refractivity contribution in [3.8, 4) is 11.1 Å². The molecule has 0 saturated carbocycles. The fraction of sp³-hybridized carbons (Fsp3) is 0.400. The zero-order valence-electron chi connectivity index (χ0n) is 41.2. The molecule has 64 heavy (non-hydrogen) atoms. The Kier molecular flexibility index (Phi) is 9.91. The van der Waals surface area contributed by atoms with Gasteiger partial charge in [0.2, 0.25) is 0 Å². The van der Waals surface area contributed by atoms with Crippen LogP contribution in [-0.2, 0) is 27.1 Å². The predicted molar refractivity (Wildman–Crippen MR) is 281 cm³/mol. The number of hydrogen-bond donors (Lipinski definition) is 0. The Hall–Kier alpha value is -4.67. The lowest BCUT2D eigenvalue weighted by molar-refractivity contribution is 0.332. The summed E-state index contributed by atoms with van der Waals surface area (Å²) in [5.41, 5.74) is 22.0. The lowest BCUT2D eigenvalue weighted by Crippen LogP contribution is -2.53. The molecule has 2 bridgehead atoms. The van der Waals surface area contributed by atoms with Crippen LogP contribution in [0.3, 0.4) is 0 Å². The van der Waals surface area contributed by atoms with Crippen molar-refractivity contribution < 1.29 is 0 Å². The Morgan fingerprint density at radius 1 is 0.609 bits per heavy atom. The predicted octanol–water partition coefficient (Wildman–Crippen LogP) is 15.7. The summed E-state index contributed by atoms with van der Waals surface area (Å²) in [4.78, 5) is 8.50. The third kappa shape index (κ3) is 7.08. The van der Waals surface area contributed by atoms with Crippen LogP contribution in [0.4, 0.5) is 28.4 Å². The number of thioether (sulfide) groups is 1. The lowest BCUT2D eigenvalue weighted by atomic mass is 9.37. The maximum Gasteiger partial charge on any atom is 0.257 e. The Bertz CT molecular complexity index is 2810. The third-order valence-electron chi connectivity index (χ3n) is 15.5. The number of hydrogen-bond acceptors (Lipinski definition) is 3. The molecule has 1 atom stereocenters. The van der Waals surface area contributed by atoms with E-state index < -0.39 is 0 Å². The monoisotopic (exact) mass is 861 g/mol. The summed E-state index contributed by atoms with van der Waals surface area (Å²) in [6.45, 7) is 33.6. The van der Waals surface area contributed by atoms with E-state index in [2.05, 4.69) is 228 Å². The zero-order chi connectivity index (χ0) is 45.5. The molecule has 0 fully saturated rings. The Morgan fingerprint density at radius 3 is 1.86 bits per heavy atom. The van der Waals surface area contributed by atoms with Crippen LogP contribution in [-0.4, -0.2) is 12.8 Å². The van der Waals surface area contributed by atoms with Crippen LogP contribution in [0.5, 0.6) is 0 Å². The van der Waals surface area contributed by atoms with Crippen molar-refractivity contribution >= 4 is 57.8 Å². The molecule has 0 N–H and O–H groups in total. The number of allylic oxidation sites excluding steroid dienone is 2. The summed E-state index contributed by atoms with van der Waals surface area (Å²) in [5, 5.41) is 0. The molecule has 3 aliphatic heterocycles. The van der Waals surface area contributed by atoms with Crippen molar-refractivity contribution in [2.45, 2.75) is 156 Å². The van der Waals surface area contributed by atoms with Gasteiger partial charge >= 0.3 is 0 Å². The highest BCUT2D eigenvalue weighted by molar-refractivity contribution is 8.08. The molecule has 0 aromatic heterocycles. The largest absolute Gasteiger partial charge is 0.330 e. The minimum atomic E-state index is -0.103. The van der Waals surface area contributed by atoms with Crippen molar-refractivity contribution in [2.24, 2.45) is 0 Å². The van der Waals surface area contributed by atoms with Crippen molar-refractivity contribution in [3.63, 3.8) is 0 Å². The standard InChI is InChI=1S/C60H69BN2S/c1-37-20-27-53-44(30-37)49-36-54(64-53)61-47-34-45-46(60(13,14)29-28-59(45,11)12)35-50(47)62(42-24-21-39(22-25-42)56(2,3)4)51-32-41(58(8,9)10)33-52(55(51)61)63(49)48-26-23-40(57(5,6)7)31-43(48)38-18-16-15-17-19-38/h15-19,21-26,30-36,49H,20,27-29H2,1-14H3. The fourth-order valence-electron chi connectivity index (χ4n) is 11.3. The van der Waals surface area contributed by atoms with Gasteiger partial charge in [0.05, 0.1) is 6.04 Å². The molecule has 10 rings (SSSR count). The van der Waals surface area contributed by atoms with E-state index in [-0.39, 0.29) is 39.8 Å². The molecule has 2 aliphatic carbocycles. The molecule has 328 valence electrons. The van der Waals surface area contributed by atoms with Gasteiger partial charge in [0.25, 0.3) is 6.71 Å². The number of rotatable bonds is 3. The molecule has 1 unspecified atom stereocenters. The van der Waals surface area contributed by atoms with Crippen LogP contribution in [0.2, 0.25) is 0 Å². The molecule has 0 radical (unpaired) electrons. The fourth-order valence-corrected chi connectivity index (χ4v) is 12.6. The van der Waals surface area contributed by atoms with E-state index >= 15 is 0 Å². The zero-order valence-corrected chi connectivity index (χ0v) is 42.0. The van der Waals surface area contributed by atoms with E-state index in [1.54, 1.807) is 0 Å². The SMILES string of the molecule is CC1=CC2=C(CC1)SC1=CC2N(c2ccc(C(C)(C)C)cc2-c2ccccc2)c2cc(C(C)(C)C)cc3c2B1c1cc2c(cc1N3c1ccc(C(C)(C)C)cc1)C(C)(C)CCC2(C)C. The van der Waals surface area contributed by atoms with Crippen LogP contribution < -0.4 is 20.7 Å². The van der Waals surface area contributed by atoms with Crippen molar-refractivity contribution in [3.05, 3.63) is 158 Å². The number of anilines is 5. The highest BCUT2D eigenvalue weighted by Crippen LogP contribution is 2.55. The highest BCUT2D eigenvalue weighted by Gasteiger charge is 2.48. The van der Waals surface area contributed by atoms with Crippen molar-refractivity contribution in [2.75, 3.05) is 9.80 Å². The minimum absolute atomic E-state index is 0.00103. The molecule has 3 heterocycles. The first-order chi connectivity index (χ1) is 30.0. The quantitative estimate of drug-likeness (QED) is 0.167. The topological polar surface area (TPSA) is 6.48 Å². The van der Waals surface area contributed by atoms with E-state index in [9.17, 15) is 0 Å². The second-order valence-electron chi connectivity index (χ2n) is 24.2. The van der Waals surface area contributed by atoms with Crippen molar-refractivity contribution in [1.82, 2.24) is 0 Å². The average molecular weight is 861 g/mol. The van der Waals surface area contributed by atoms with Crippen LogP contribution >= 0.6 is 11.8 Å². The maximum absolute atomic E-state index is 2.80. The summed E-state index contributed by atoms with van der Waals surface area (Å²) in [5.74, 6) is 0. The highest BCUT2D eigenvalue weighted by atomic mass is 32.2. The summed E-state index contributed by atoms with van der Waals surface area (Å²) < 4.78 is 0. The Labute approximate surface area is 390 Å². The van der Waals surface area contributed by atoms with Crippen LogP contribution in [0.15, 0.2) is 130 Å².